The number of amides is 1. The van der Waals surface area contributed by atoms with Gasteiger partial charge in [0.05, 0.1) is 11.7 Å². The first-order chi connectivity index (χ1) is 13.7. The van der Waals surface area contributed by atoms with E-state index in [1.807, 2.05) is 73.0 Å². The van der Waals surface area contributed by atoms with Gasteiger partial charge in [-0.3, -0.25) is 4.79 Å². The summed E-state index contributed by atoms with van der Waals surface area (Å²) in [6, 6.07) is 16.0. The van der Waals surface area contributed by atoms with Gasteiger partial charge in [0, 0.05) is 17.9 Å². The molecule has 1 amide bonds. The Hall–Kier alpha value is -3.12. The van der Waals surface area contributed by atoms with Gasteiger partial charge in [-0.25, -0.2) is 4.98 Å². The molecule has 4 rings (SSSR count). The van der Waals surface area contributed by atoms with E-state index >= 15 is 0 Å². The molecule has 2 aliphatic heterocycles. The Balaban J connectivity index is 1.49. The quantitative estimate of drug-likeness (QED) is 0.748. The lowest BCUT2D eigenvalue weighted by molar-refractivity contribution is -0.121. The first kappa shape index (κ1) is 18.3. The normalized spacial score (nSPS) is 24.1. The van der Waals surface area contributed by atoms with Crippen LogP contribution in [0.3, 0.4) is 0 Å². The average Bonchev–Trinajstić information content (AvgIpc) is 2.75. The molecule has 144 valence electrons. The molecule has 6 heteroatoms. The number of primary amides is 1. The lowest BCUT2D eigenvalue weighted by Gasteiger charge is -2.40. The third-order valence-electron chi connectivity index (χ3n) is 5.25. The maximum absolute atomic E-state index is 11.8. The van der Waals surface area contributed by atoms with Crippen molar-refractivity contribution in [2.24, 2.45) is 5.73 Å². The molecule has 3 heterocycles. The molecule has 1 aromatic heterocycles. The summed E-state index contributed by atoms with van der Waals surface area (Å²) in [7, 11) is 0. The molecule has 0 aliphatic carbocycles. The van der Waals surface area contributed by atoms with Crippen molar-refractivity contribution >= 4 is 17.4 Å². The minimum atomic E-state index is -0.382. The van der Waals surface area contributed by atoms with Crippen LogP contribution in [0.25, 0.3) is 0 Å². The molecule has 28 heavy (non-hydrogen) atoms. The van der Waals surface area contributed by atoms with E-state index < -0.39 is 0 Å². The number of rotatable bonds is 5. The molecule has 0 radical (unpaired) electrons. The van der Waals surface area contributed by atoms with Gasteiger partial charge in [-0.1, -0.05) is 36.4 Å². The van der Waals surface area contributed by atoms with E-state index in [0.717, 1.165) is 36.6 Å². The number of nitrogens with one attached hydrogen (secondary N) is 2. The summed E-state index contributed by atoms with van der Waals surface area (Å²) in [5.41, 5.74) is 7.61. The summed E-state index contributed by atoms with van der Waals surface area (Å²) < 4.78 is 0. The second-order valence-corrected chi connectivity index (χ2v) is 7.14. The molecular weight excluding hydrogens is 350 g/mol. The SMILES string of the molecule is NC(=O)C1C=CC=CN1C1CCNC(c2cccc(Nc3ccccc3)n2)C1. The maximum Gasteiger partial charge on any atom is 0.244 e. The lowest BCUT2D eigenvalue weighted by Crippen LogP contribution is -2.50. The maximum atomic E-state index is 11.8. The molecule has 3 unspecified atom stereocenters. The number of nitrogens with zero attached hydrogens (tertiary/aromatic N) is 2. The van der Waals surface area contributed by atoms with E-state index in [1.54, 1.807) is 0 Å². The van der Waals surface area contributed by atoms with E-state index in [1.165, 1.54) is 0 Å². The molecule has 1 saturated heterocycles. The molecule has 2 aromatic rings. The number of anilines is 2. The van der Waals surface area contributed by atoms with E-state index in [9.17, 15) is 4.79 Å². The van der Waals surface area contributed by atoms with Crippen LogP contribution in [0.5, 0.6) is 0 Å². The highest BCUT2D eigenvalue weighted by atomic mass is 16.1. The average molecular weight is 375 g/mol. The summed E-state index contributed by atoms with van der Waals surface area (Å²) in [6.45, 7) is 0.868. The smallest absolute Gasteiger partial charge is 0.244 e. The van der Waals surface area contributed by atoms with E-state index in [-0.39, 0.29) is 24.0 Å². The number of nitrogens with two attached hydrogens (primary N) is 1. The predicted octanol–water partition coefficient (Wildman–Crippen LogP) is 2.86. The zero-order chi connectivity index (χ0) is 19.3. The van der Waals surface area contributed by atoms with Crippen molar-refractivity contribution in [3.63, 3.8) is 0 Å². The number of piperidine rings is 1. The number of carbonyl (C=O) groups excluding carboxylic acids is 1. The highest BCUT2D eigenvalue weighted by Crippen LogP contribution is 2.29. The van der Waals surface area contributed by atoms with E-state index in [2.05, 4.69) is 15.5 Å². The van der Waals surface area contributed by atoms with Gasteiger partial charge in [0.15, 0.2) is 0 Å². The van der Waals surface area contributed by atoms with Crippen LogP contribution in [0.15, 0.2) is 73.0 Å². The van der Waals surface area contributed by atoms with Gasteiger partial charge in [0.2, 0.25) is 5.91 Å². The lowest BCUT2D eigenvalue weighted by atomic mass is 9.93. The van der Waals surface area contributed by atoms with Crippen LogP contribution in [-0.4, -0.2) is 34.4 Å². The predicted molar refractivity (Wildman–Crippen MR) is 111 cm³/mol. The third kappa shape index (κ3) is 4.07. The number of hydrogen-bond acceptors (Lipinski definition) is 5. The van der Waals surface area contributed by atoms with Crippen LogP contribution in [0.1, 0.15) is 24.6 Å². The summed E-state index contributed by atoms with van der Waals surface area (Å²) in [5, 5.41) is 6.91. The Bertz CT molecular complexity index is 880. The second kappa shape index (κ2) is 8.27. The van der Waals surface area contributed by atoms with Gasteiger partial charge in [-0.2, -0.15) is 0 Å². The summed E-state index contributed by atoms with van der Waals surface area (Å²) >= 11 is 0. The Morgan fingerprint density at radius 1 is 1.14 bits per heavy atom. The van der Waals surface area contributed by atoms with Crippen molar-refractivity contribution in [3.05, 3.63) is 78.7 Å². The van der Waals surface area contributed by atoms with Crippen molar-refractivity contribution in [3.8, 4) is 0 Å². The fourth-order valence-electron chi connectivity index (χ4n) is 3.88. The summed E-state index contributed by atoms with van der Waals surface area (Å²) in [6.07, 6.45) is 9.50. The topological polar surface area (TPSA) is 83.3 Å². The first-order valence-electron chi connectivity index (χ1n) is 9.65. The Morgan fingerprint density at radius 3 is 2.82 bits per heavy atom. The third-order valence-corrected chi connectivity index (χ3v) is 5.25. The zero-order valence-electron chi connectivity index (χ0n) is 15.7. The molecule has 3 atom stereocenters. The standard InChI is InChI=1S/C22H25N5O/c23-22(28)20-10-4-5-14-27(20)17-12-13-24-19(15-17)18-9-6-11-21(26-18)25-16-7-2-1-3-8-16/h1-11,14,17,19-20,24H,12-13,15H2,(H2,23,28)(H,25,26). The molecule has 0 bridgehead atoms. The van der Waals surface area contributed by atoms with Gasteiger partial charge in [0.1, 0.15) is 11.9 Å². The van der Waals surface area contributed by atoms with Crippen LogP contribution < -0.4 is 16.4 Å². The highest BCUT2D eigenvalue weighted by Gasteiger charge is 2.32. The molecule has 1 fully saturated rings. The van der Waals surface area contributed by atoms with Crippen LogP contribution in [0.2, 0.25) is 0 Å². The minimum Gasteiger partial charge on any atom is -0.368 e. The van der Waals surface area contributed by atoms with Gasteiger partial charge >= 0.3 is 0 Å². The number of aromatic nitrogens is 1. The molecule has 6 nitrogen and oxygen atoms in total. The number of allylic oxidation sites excluding steroid dienone is 2. The molecule has 1 aromatic carbocycles. The van der Waals surface area contributed by atoms with Crippen molar-refractivity contribution in [2.75, 3.05) is 11.9 Å². The number of carbonyl (C=O) groups is 1. The molecule has 4 N–H and O–H groups in total. The molecule has 0 spiro atoms. The van der Waals surface area contributed by atoms with Crippen LogP contribution >= 0.6 is 0 Å². The molecule has 0 saturated carbocycles. The Labute approximate surface area is 165 Å². The Morgan fingerprint density at radius 2 is 2.00 bits per heavy atom. The van der Waals surface area contributed by atoms with Crippen molar-refractivity contribution in [1.29, 1.82) is 0 Å². The van der Waals surface area contributed by atoms with E-state index in [0.29, 0.717) is 0 Å². The second-order valence-electron chi connectivity index (χ2n) is 7.14. The van der Waals surface area contributed by atoms with Gasteiger partial charge in [-0.05, 0) is 49.7 Å². The van der Waals surface area contributed by atoms with E-state index in [4.69, 9.17) is 10.7 Å². The van der Waals surface area contributed by atoms with Gasteiger partial charge < -0.3 is 21.3 Å². The Kier molecular flexibility index (Phi) is 5.39. The summed E-state index contributed by atoms with van der Waals surface area (Å²) in [5.74, 6) is 0.506. The zero-order valence-corrected chi connectivity index (χ0v) is 15.7. The molecule has 2 aliphatic rings. The van der Waals surface area contributed by atoms with Gasteiger partial charge in [0.25, 0.3) is 0 Å². The fourth-order valence-corrected chi connectivity index (χ4v) is 3.88. The van der Waals surface area contributed by atoms with Crippen molar-refractivity contribution < 1.29 is 4.79 Å². The fraction of sp³-hybridized carbons (Fsp3) is 0.273. The largest absolute Gasteiger partial charge is 0.368 e. The number of benzene rings is 1. The van der Waals surface area contributed by atoms with Crippen molar-refractivity contribution in [2.45, 2.75) is 31.0 Å². The van der Waals surface area contributed by atoms with Crippen molar-refractivity contribution in [1.82, 2.24) is 15.2 Å². The molecular formula is C22H25N5O. The first-order valence-corrected chi connectivity index (χ1v) is 9.65. The highest BCUT2D eigenvalue weighted by molar-refractivity contribution is 5.82. The summed E-state index contributed by atoms with van der Waals surface area (Å²) in [4.78, 5) is 18.7. The van der Waals surface area contributed by atoms with Gasteiger partial charge in [-0.15, -0.1) is 0 Å². The van der Waals surface area contributed by atoms with Crippen LogP contribution in [0, 0.1) is 0 Å². The van der Waals surface area contributed by atoms with Crippen LogP contribution in [-0.2, 0) is 4.79 Å². The number of hydrogen-bond donors (Lipinski definition) is 3. The number of pyridine rings is 1. The monoisotopic (exact) mass is 375 g/mol. The number of para-hydroxylation sites is 1. The van der Waals surface area contributed by atoms with Crippen LogP contribution in [0.4, 0.5) is 11.5 Å². The minimum absolute atomic E-state index is 0.129.